The zero-order valence-corrected chi connectivity index (χ0v) is 23.7. The van der Waals surface area contributed by atoms with E-state index in [9.17, 15) is 19.2 Å². The number of cyclic esters (lactones) is 2. The van der Waals surface area contributed by atoms with Crippen molar-refractivity contribution < 1.29 is 33.8 Å². The molecule has 1 saturated heterocycles. The van der Waals surface area contributed by atoms with Crippen LogP contribution in [0.1, 0.15) is 111 Å². The van der Waals surface area contributed by atoms with Gasteiger partial charge in [-0.3, -0.25) is 9.59 Å². The van der Waals surface area contributed by atoms with E-state index in [1.807, 2.05) is 24.3 Å². The van der Waals surface area contributed by atoms with Crippen molar-refractivity contribution in [2.75, 3.05) is 0 Å². The predicted octanol–water partition coefficient (Wildman–Crippen LogP) is 7.72. The molecule has 0 aliphatic carbocycles. The van der Waals surface area contributed by atoms with Crippen LogP contribution in [0.5, 0.6) is 5.75 Å². The second-order valence-corrected chi connectivity index (χ2v) is 9.96. The Bertz CT molecular complexity index is 1100. The topological polar surface area (TPSA) is 107 Å². The Morgan fingerprint density at radius 1 is 0.850 bits per heavy atom. The van der Waals surface area contributed by atoms with Crippen molar-refractivity contribution in [1.29, 1.82) is 0 Å². The Kier molecular flexibility index (Phi) is 15.0. The molecule has 2 aromatic carbocycles. The van der Waals surface area contributed by atoms with Crippen LogP contribution in [0.3, 0.4) is 0 Å². The number of esters is 3. The van der Waals surface area contributed by atoms with Crippen LogP contribution in [0.2, 0.25) is 0 Å². The number of allylic oxidation sites excluding steroid dienone is 1. The van der Waals surface area contributed by atoms with E-state index in [0.29, 0.717) is 11.3 Å². The Morgan fingerprint density at radius 3 is 2.00 bits per heavy atom. The second-order valence-electron chi connectivity index (χ2n) is 9.96. The molecule has 1 N–H and O–H groups in total. The standard InChI is InChI=1S/C17H16O4.C16H26O3/c1-2-3-12-4-10-15(11-5-12)21-17(20)14-8-6-13(7-9-14)16(18)19;1-2-3-4-5-6-7-8-9-10-11-12-14-13-15(17)19-16(14)18/h4-11H,2-3H2,1H3,(H,18,19);11-12,14H,2-10,13H2,1H3. The number of carboxylic acids is 1. The van der Waals surface area contributed by atoms with Gasteiger partial charge in [0.2, 0.25) is 0 Å². The molecular weight excluding hydrogens is 508 g/mol. The average molecular weight is 551 g/mol. The summed E-state index contributed by atoms with van der Waals surface area (Å²) in [5.41, 5.74) is 1.65. The third-order valence-electron chi connectivity index (χ3n) is 6.54. The number of hydrogen-bond donors (Lipinski definition) is 1. The van der Waals surface area contributed by atoms with E-state index in [4.69, 9.17) is 9.84 Å². The van der Waals surface area contributed by atoms with Crippen LogP contribution in [0.4, 0.5) is 0 Å². The summed E-state index contributed by atoms with van der Waals surface area (Å²) in [5.74, 6) is -2.18. The number of ether oxygens (including phenoxy) is 2. The zero-order chi connectivity index (χ0) is 29.2. The van der Waals surface area contributed by atoms with E-state index in [0.717, 1.165) is 19.3 Å². The maximum Gasteiger partial charge on any atom is 0.343 e. The van der Waals surface area contributed by atoms with E-state index in [2.05, 4.69) is 18.6 Å². The molecule has 0 aromatic heterocycles. The van der Waals surface area contributed by atoms with Crippen molar-refractivity contribution in [2.24, 2.45) is 5.92 Å². The minimum Gasteiger partial charge on any atom is -0.478 e. The van der Waals surface area contributed by atoms with Crippen LogP contribution >= 0.6 is 0 Å². The van der Waals surface area contributed by atoms with Crippen molar-refractivity contribution in [3.63, 3.8) is 0 Å². The summed E-state index contributed by atoms with van der Waals surface area (Å²) in [4.78, 5) is 44.7. The molecule has 7 nitrogen and oxygen atoms in total. The lowest BCUT2D eigenvalue weighted by atomic mass is 10.0. The van der Waals surface area contributed by atoms with Gasteiger partial charge in [-0.2, -0.15) is 0 Å². The lowest BCUT2D eigenvalue weighted by molar-refractivity contribution is -0.152. The molecule has 1 aliphatic heterocycles. The first kappa shape index (κ1) is 32.5. The van der Waals surface area contributed by atoms with Crippen molar-refractivity contribution in [3.8, 4) is 5.75 Å². The largest absolute Gasteiger partial charge is 0.478 e. The highest BCUT2D eigenvalue weighted by Crippen LogP contribution is 2.18. The second kappa shape index (κ2) is 18.5. The number of benzene rings is 2. The zero-order valence-electron chi connectivity index (χ0n) is 23.7. The summed E-state index contributed by atoms with van der Waals surface area (Å²) in [6, 6.07) is 13.0. The average Bonchev–Trinajstić information content (AvgIpc) is 3.27. The van der Waals surface area contributed by atoms with Crippen LogP contribution < -0.4 is 4.74 Å². The molecule has 0 spiro atoms. The fourth-order valence-corrected chi connectivity index (χ4v) is 4.22. The Balaban J connectivity index is 0.000000282. The fourth-order valence-electron chi connectivity index (χ4n) is 4.22. The van der Waals surface area contributed by atoms with E-state index >= 15 is 0 Å². The van der Waals surface area contributed by atoms with Crippen LogP contribution in [0, 0.1) is 5.92 Å². The maximum absolute atomic E-state index is 11.9. The molecule has 216 valence electrons. The van der Waals surface area contributed by atoms with Crippen molar-refractivity contribution >= 4 is 23.9 Å². The lowest BCUT2D eigenvalue weighted by Gasteiger charge is -2.05. The van der Waals surface area contributed by atoms with Crippen molar-refractivity contribution in [1.82, 2.24) is 0 Å². The molecule has 7 heteroatoms. The Labute approximate surface area is 237 Å². The minimum absolute atomic E-state index is 0.135. The minimum atomic E-state index is -1.03. The number of hydrogen-bond acceptors (Lipinski definition) is 6. The van der Waals surface area contributed by atoms with Gasteiger partial charge in [-0.05, 0) is 61.2 Å². The number of carbonyl (C=O) groups is 4. The smallest absolute Gasteiger partial charge is 0.343 e. The summed E-state index contributed by atoms with van der Waals surface area (Å²) in [6.45, 7) is 4.34. The summed E-state index contributed by atoms with van der Waals surface area (Å²) >= 11 is 0. The highest BCUT2D eigenvalue weighted by atomic mass is 16.6. The molecule has 0 radical (unpaired) electrons. The highest BCUT2D eigenvalue weighted by Gasteiger charge is 2.30. The van der Waals surface area contributed by atoms with Gasteiger partial charge < -0.3 is 14.6 Å². The SMILES string of the molecule is CCCCCCCCCCC=CC1CC(=O)OC1=O.CCCc1ccc(OC(=O)c2ccc(C(=O)O)cc2)cc1. The first-order chi connectivity index (χ1) is 19.3. The van der Waals surface area contributed by atoms with Crippen LogP contribution in [0.15, 0.2) is 60.7 Å². The number of carbonyl (C=O) groups excluding carboxylic acids is 3. The van der Waals surface area contributed by atoms with E-state index in [-0.39, 0.29) is 17.9 Å². The third-order valence-corrected chi connectivity index (χ3v) is 6.54. The number of aryl methyl sites for hydroxylation is 1. The summed E-state index contributed by atoms with van der Waals surface area (Å²) in [7, 11) is 0. The summed E-state index contributed by atoms with van der Waals surface area (Å²) < 4.78 is 9.73. The lowest BCUT2D eigenvalue weighted by Crippen LogP contribution is -2.09. The van der Waals surface area contributed by atoms with Gasteiger partial charge in [0.25, 0.3) is 0 Å². The quantitative estimate of drug-likeness (QED) is 0.0795. The third kappa shape index (κ3) is 12.4. The summed E-state index contributed by atoms with van der Waals surface area (Å²) in [5, 5.41) is 8.80. The number of unbranched alkanes of at least 4 members (excludes halogenated alkanes) is 8. The normalized spacial score (nSPS) is 14.5. The van der Waals surface area contributed by atoms with Crippen LogP contribution in [-0.2, 0) is 20.7 Å². The number of aromatic carboxylic acids is 1. The molecule has 1 atom stereocenters. The Morgan fingerprint density at radius 2 is 1.45 bits per heavy atom. The predicted molar refractivity (Wildman–Crippen MR) is 154 cm³/mol. The van der Waals surface area contributed by atoms with Crippen LogP contribution in [0.25, 0.3) is 0 Å². The van der Waals surface area contributed by atoms with Crippen molar-refractivity contribution in [3.05, 3.63) is 77.4 Å². The van der Waals surface area contributed by atoms with Gasteiger partial charge in [0, 0.05) is 0 Å². The molecule has 1 unspecified atom stereocenters. The molecule has 1 heterocycles. The molecule has 1 aliphatic rings. The summed E-state index contributed by atoms with van der Waals surface area (Å²) in [6.07, 6.45) is 17.6. The number of rotatable bonds is 15. The molecule has 0 amide bonds. The molecule has 2 aromatic rings. The number of carboxylic acid groups (broad SMARTS) is 1. The molecule has 3 rings (SSSR count). The van der Waals surface area contributed by atoms with Gasteiger partial charge >= 0.3 is 23.9 Å². The van der Waals surface area contributed by atoms with Gasteiger partial charge in [-0.15, -0.1) is 0 Å². The maximum atomic E-state index is 11.9. The highest BCUT2D eigenvalue weighted by molar-refractivity contribution is 5.95. The fraction of sp³-hybridized carbons (Fsp3) is 0.455. The van der Waals surface area contributed by atoms with E-state index in [1.54, 1.807) is 12.1 Å². The molecule has 1 fully saturated rings. The molecule has 0 bridgehead atoms. The van der Waals surface area contributed by atoms with Gasteiger partial charge in [-0.25, -0.2) is 9.59 Å². The molecular formula is C33H42O7. The van der Waals surface area contributed by atoms with Gasteiger partial charge in [0.05, 0.1) is 23.5 Å². The van der Waals surface area contributed by atoms with E-state index in [1.165, 1.54) is 81.2 Å². The molecule has 0 saturated carbocycles. The monoisotopic (exact) mass is 550 g/mol. The Hall–Kier alpha value is -3.74. The van der Waals surface area contributed by atoms with Gasteiger partial charge in [0.15, 0.2) is 0 Å². The first-order valence-corrected chi connectivity index (χ1v) is 14.4. The van der Waals surface area contributed by atoms with Gasteiger partial charge in [-0.1, -0.05) is 89.5 Å². The van der Waals surface area contributed by atoms with Gasteiger partial charge in [0.1, 0.15) is 5.75 Å². The van der Waals surface area contributed by atoms with Crippen LogP contribution in [-0.4, -0.2) is 29.0 Å². The first-order valence-electron chi connectivity index (χ1n) is 14.4. The van der Waals surface area contributed by atoms with Crippen molar-refractivity contribution in [2.45, 2.75) is 90.9 Å². The van der Waals surface area contributed by atoms with E-state index < -0.39 is 23.9 Å². The molecule has 40 heavy (non-hydrogen) atoms.